The van der Waals surface area contributed by atoms with E-state index in [2.05, 4.69) is 5.32 Å². The maximum atomic E-state index is 12.6. The molecule has 1 aromatic rings. The summed E-state index contributed by atoms with van der Waals surface area (Å²) in [5.74, 6) is -0.557. The Kier molecular flexibility index (Phi) is 6.41. The molecular weight excluding hydrogens is 306 g/mol. The fourth-order valence-corrected chi connectivity index (χ4v) is 2.64. The van der Waals surface area contributed by atoms with Gasteiger partial charge in [-0.2, -0.15) is 0 Å². The summed E-state index contributed by atoms with van der Waals surface area (Å²) in [4.78, 5) is 25.0. The predicted molar refractivity (Wildman–Crippen MR) is 92.8 cm³/mol. The first-order valence-electron chi connectivity index (χ1n) is 8.35. The van der Waals surface area contributed by atoms with Gasteiger partial charge in [-0.25, -0.2) is 0 Å². The highest BCUT2D eigenvalue weighted by atomic mass is 16.5. The summed E-state index contributed by atoms with van der Waals surface area (Å²) in [7, 11) is 1.59. The van der Waals surface area contributed by atoms with Crippen molar-refractivity contribution in [2.24, 2.45) is 11.8 Å². The van der Waals surface area contributed by atoms with E-state index in [1.807, 2.05) is 26.0 Å². The average Bonchev–Trinajstić information content (AvgIpc) is 2.62. The highest BCUT2D eigenvalue weighted by molar-refractivity contribution is 5.95. The molecule has 0 spiro atoms. The van der Waals surface area contributed by atoms with Crippen molar-refractivity contribution in [2.45, 2.75) is 39.2 Å². The zero-order chi connectivity index (χ0) is 17.5. The average molecular weight is 331 g/mol. The Morgan fingerprint density at radius 3 is 2.38 bits per heavy atom. The van der Waals surface area contributed by atoms with Gasteiger partial charge in [0.15, 0.2) is 0 Å². The summed E-state index contributed by atoms with van der Waals surface area (Å²) < 4.78 is 10.5. The van der Waals surface area contributed by atoms with E-state index in [0.717, 1.165) is 12.2 Å². The molecule has 1 N–H and O–H groups in total. The lowest BCUT2D eigenvalue weighted by atomic mass is 9.82. The molecule has 5 heteroatoms. The van der Waals surface area contributed by atoms with E-state index in [1.165, 1.54) is 0 Å². The number of nitrogens with one attached hydrogen (secondary N) is 1. The number of hydrogen-bond donors (Lipinski definition) is 1. The topological polar surface area (TPSA) is 64.6 Å². The third-order valence-corrected chi connectivity index (χ3v) is 4.32. The molecule has 3 atom stereocenters. The third kappa shape index (κ3) is 4.60. The van der Waals surface area contributed by atoms with E-state index in [1.54, 1.807) is 31.4 Å². The summed E-state index contributed by atoms with van der Waals surface area (Å²) >= 11 is 0. The van der Waals surface area contributed by atoms with Crippen LogP contribution >= 0.6 is 0 Å². The summed E-state index contributed by atoms with van der Waals surface area (Å²) in [5.41, 5.74) is 0.685. The third-order valence-electron chi connectivity index (χ3n) is 4.32. The first-order valence-corrected chi connectivity index (χ1v) is 8.35. The van der Waals surface area contributed by atoms with Crippen LogP contribution in [0.2, 0.25) is 0 Å². The van der Waals surface area contributed by atoms with E-state index < -0.39 is 11.8 Å². The molecule has 0 aliphatic heterocycles. The maximum Gasteiger partial charge on any atom is 0.310 e. The monoisotopic (exact) mass is 331 g/mol. The zero-order valence-corrected chi connectivity index (χ0v) is 14.5. The van der Waals surface area contributed by atoms with Crippen LogP contribution < -0.4 is 10.1 Å². The number of carbonyl (C=O) groups excluding carboxylic acids is 2. The molecule has 2 rings (SSSR count). The Balaban J connectivity index is 2.04. The molecule has 0 saturated heterocycles. The minimum atomic E-state index is -0.428. The smallest absolute Gasteiger partial charge is 0.310 e. The first-order chi connectivity index (χ1) is 11.5. The van der Waals surface area contributed by atoms with Crippen molar-refractivity contribution in [1.29, 1.82) is 0 Å². The van der Waals surface area contributed by atoms with Crippen LogP contribution in [-0.2, 0) is 14.3 Å². The van der Waals surface area contributed by atoms with E-state index >= 15 is 0 Å². The summed E-state index contributed by atoms with van der Waals surface area (Å²) in [6.07, 6.45) is 5.61. The summed E-state index contributed by atoms with van der Waals surface area (Å²) in [6.45, 7) is 3.83. The maximum absolute atomic E-state index is 12.6. The molecule has 0 fully saturated rings. The van der Waals surface area contributed by atoms with Gasteiger partial charge in [0.05, 0.1) is 25.0 Å². The van der Waals surface area contributed by atoms with Gasteiger partial charge < -0.3 is 14.8 Å². The van der Waals surface area contributed by atoms with E-state index in [4.69, 9.17) is 9.47 Å². The van der Waals surface area contributed by atoms with E-state index in [0.29, 0.717) is 18.5 Å². The number of allylic oxidation sites excluding steroid dienone is 2. The second kappa shape index (κ2) is 8.52. The molecule has 0 heterocycles. The molecule has 0 bridgehead atoms. The zero-order valence-electron chi connectivity index (χ0n) is 14.5. The van der Waals surface area contributed by atoms with Crippen molar-refractivity contribution in [3.8, 4) is 5.75 Å². The molecular formula is C19H25NO4. The summed E-state index contributed by atoms with van der Waals surface area (Å²) in [5, 5.41) is 2.88. The quantitative estimate of drug-likeness (QED) is 0.639. The van der Waals surface area contributed by atoms with Crippen LogP contribution in [0.5, 0.6) is 5.75 Å². The Hall–Kier alpha value is -2.30. The SMILES string of the molecule is CCC(C)OC(=O)C1CC=CCC1C(=O)Nc1ccc(OC)cc1. The lowest BCUT2D eigenvalue weighted by Crippen LogP contribution is -2.36. The highest BCUT2D eigenvalue weighted by Gasteiger charge is 2.35. The number of methoxy groups -OCH3 is 1. The highest BCUT2D eigenvalue weighted by Crippen LogP contribution is 2.29. The van der Waals surface area contributed by atoms with Gasteiger partial charge in [-0.1, -0.05) is 19.1 Å². The molecule has 24 heavy (non-hydrogen) atoms. The second-order valence-corrected chi connectivity index (χ2v) is 6.03. The van der Waals surface area contributed by atoms with Gasteiger partial charge in [-0.05, 0) is 50.5 Å². The van der Waals surface area contributed by atoms with Gasteiger partial charge in [-0.15, -0.1) is 0 Å². The van der Waals surface area contributed by atoms with E-state index in [9.17, 15) is 9.59 Å². The lowest BCUT2D eigenvalue weighted by molar-refractivity contribution is -0.157. The Labute approximate surface area is 143 Å². The number of ether oxygens (including phenoxy) is 2. The molecule has 5 nitrogen and oxygen atoms in total. The standard InChI is InChI=1S/C19H25NO4/c1-4-13(2)24-19(22)17-8-6-5-7-16(17)18(21)20-14-9-11-15(23-3)12-10-14/h5-6,9-13,16-17H,4,7-8H2,1-3H3,(H,20,21). The minimum Gasteiger partial charge on any atom is -0.497 e. The van der Waals surface area contributed by atoms with Crippen molar-refractivity contribution >= 4 is 17.6 Å². The fraction of sp³-hybridized carbons (Fsp3) is 0.474. The minimum absolute atomic E-state index is 0.131. The molecule has 0 aromatic heterocycles. The van der Waals surface area contributed by atoms with Gasteiger partial charge in [0.1, 0.15) is 5.75 Å². The van der Waals surface area contributed by atoms with Crippen LogP contribution in [0, 0.1) is 11.8 Å². The van der Waals surface area contributed by atoms with Crippen LogP contribution in [0.4, 0.5) is 5.69 Å². The molecule has 1 aliphatic carbocycles. The molecule has 0 radical (unpaired) electrons. The van der Waals surface area contributed by atoms with Gasteiger partial charge in [0.2, 0.25) is 5.91 Å². The number of anilines is 1. The van der Waals surface area contributed by atoms with Gasteiger partial charge >= 0.3 is 5.97 Å². The number of carbonyl (C=O) groups is 2. The molecule has 1 aromatic carbocycles. The number of esters is 1. The second-order valence-electron chi connectivity index (χ2n) is 6.03. The van der Waals surface area contributed by atoms with Crippen LogP contribution in [-0.4, -0.2) is 25.1 Å². The molecule has 3 unspecified atom stereocenters. The van der Waals surface area contributed by atoms with Gasteiger partial charge in [-0.3, -0.25) is 9.59 Å². The van der Waals surface area contributed by atoms with Crippen molar-refractivity contribution in [1.82, 2.24) is 0 Å². The number of benzene rings is 1. The van der Waals surface area contributed by atoms with Crippen molar-refractivity contribution < 1.29 is 19.1 Å². The van der Waals surface area contributed by atoms with Crippen LogP contribution in [0.1, 0.15) is 33.1 Å². The lowest BCUT2D eigenvalue weighted by Gasteiger charge is -2.27. The van der Waals surface area contributed by atoms with Gasteiger partial charge in [0.25, 0.3) is 0 Å². The summed E-state index contributed by atoms with van der Waals surface area (Å²) in [6, 6.07) is 7.12. The molecule has 1 amide bonds. The van der Waals surface area contributed by atoms with Crippen molar-refractivity contribution in [2.75, 3.05) is 12.4 Å². The molecule has 0 saturated carbocycles. The number of hydrogen-bond acceptors (Lipinski definition) is 4. The Morgan fingerprint density at radius 1 is 1.17 bits per heavy atom. The number of amides is 1. The largest absolute Gasteiger partial charge is 0.497 e. The molecule has 130 valence electrons. The van der Waals surface area contributed by atoms with Gasteiger partial charge in [0, 0.05) is 5.69 Å². The Bertz CT molecular complexity index is 594. The Morgan fingerprint density at radius 2 is 1.79 bits per heavy atom. The fourth-order valence-electron chi connectivity index (χ4n) is 2.64. The van der Waals surface area contributed by atoms with E-state index in [-0.39, 0.29) is 18.0 Å². The first kappa shape index (κ1) is 18.0. The van der Waals surface area contributed by atoms with Crippen molar-refractivity contribution in [3.63, 3.8) is 0 Å². The number of rotatable bonds is 6. The van der Waals surface area contributed by atoms with Crippen molar-refractivity contribution in [3.05, 3.63) is 36.4 Å². The predicted octanol–water partition coefficient (Wildman–Crippen LogP) is 3.56. The molecule has 1 aliphatic rings. The van der Waals surface area contributed by atoms with Crippen LogP contribution in [0.15, 0.2) is 36.4 Å². The van der Waals surface area contributed by atoms with Crippen LogP contribution in [0.25, 0.3) is 0 Å². The normalized spacial score (nSPS) is 21.0. The van der Waals surface area contributed by atoms with Crippen LogP contribution in [0.3, 0.4) is 0 Å².